The van der Waals surface area contributed by atoms with E-state index in [0.717, 1.165) is 11.1 Å². The molecule has 0 aliphatic carbocycles. The van der Waals surface area contributed by atoms with Crippen molar-refractivity contribution in [3.05, 3.63) is 65.2 Å². The van der Waals surface area contributed by atoms with Gasteiger partial charge in [-0.25, -0.2) is 4.79 Å². The lowest BCUT2D eigenvalue weighted by Crippen LogP contribution is -2.43. The van der Waals surface area contributed by atoms with Crippen LogP contribution in [0.2, 0.25) is 0 Å². The molecule has 0 saturated heterocycles. The van der Waals surface area contributed by atoms with E-state index in [1.54, 1.807) is 25.1 Å². The first-order valence-corrected chi connectivity index (χ1v) is 7.73. The van der Waals surface area contributed by atoms with Gasteiger partial charge in [0.05, 0.1) is 6.42 Å². The molecule has 5 heteroatoms. The monoisotopic (exact) mass is 327 g/mol. The summed E-state index contributed by atoms with van der Waals surface area (Å²) in [6.45, 7) is 3.50. The van der Waals surface area contributed by atoms with Gasteiger partial charge in [0.25, 0.3) is 0 Å². The van der Waals surface area contributed by atoms with Crippen LogP contribution in [0.3, 0.4) is 0 Å². The van der Waals surface area contributed by atoms with Gasteiger partial charge in [-0.3, -0.25) is 4.79 Å². The van der Waals surface area contributed by atoms with Crippen LogP contribution in [-0.2, 0) is 22.6 Å². The van der Waals surface area contributed by atoms with Crippen LogP contribution in [0.4, 0.5) is 0 Å². The summed E-state index contributed by atoms with van der Waals surface area (Å²) in [7, 11) is 0. The normalized spacial score (nSPS) is 11.8. The second kappa shape index (κ2) is 7.64. The molecule has 24 heavy (non-hydrogen) atoms. The average Bonchev–Trinajstić information content (AvgIpc) is 2.56. The topological polar surface area (TPSA) is 77.8 Å². The molecule has 0 aliphatic rings. The first-order chi connectivity index (χ1) is 11.4. The fourth-order valence-electron chi connectivity index (χ4n) is 2.40. The fourth-order valence-corrected chi connectivity index (χ4v) is 2.40. The Morgan fingerprint density at radius 1 is 1.08 bits per heavy atom. The molecule has 0 heterocycles. The highest BCUT2D eigenvalue weighted by Crippen LogP contribution is 2.19. The van der Waals surface area contributed by atoms with Crippen molar-refractivity contribution >= 4 is 11.9 Å². The predicted octanol–water partition coefficient (Wildman–Crippen LogP) is 2.75. The van der Waals surface area contributed by atoms with Crippen molar-refractivity contribution in [3.8, 4) is 5.75 Å². The van der Waals surface area contributed by atoms with Crippen LogP contribution in [0, 0.1) is 6.92 Å². The maximum Gasteiger partial charge on any atom is 0.326 e. The van der Waals surface area contributed by atoms with Crippen molar-refractivity contribution in [2.24, 2.45) is 0 Å². The number of amides is 1. The number of phenolic OH excluding ortho intramolecular Hbond substituents is 1. The summed E-state index contributed by atoms with van der Waals surface area (Å²) in [5.74, 6) is -1.22. The van der Waals surface area contributed by atoms with Crippen LogP contribution in [-0.4, -0.2) is 33.0 Å². The third-order valence-electron chi connectivity index (χ3n) is 3.97. The summed E-state index contributed by atoms with van der Waals surface area (Å²) in [5.41, 5.74) is 2.25. The summed E-state index contributed by atoms with van der Waals surface area (Å²) < 4.78 is 0. The number of aromatic hydroxyl groups is 1. The number of hydrogen-bond acceptors (Lipinski definition) is 3. The first kappa shape index (κ1) is 17.5. The van der Waals surface area contributed by atoms with Crippen LogP contribution in [0.1, 0.15) is 23.6 Å². The highest BCUT2D eigenvalue weighted by Gasteiger charge is 2.25. The lowest BCUT2D eigenvalue weighted by Gasteiger charge is -2.27. The quantitative estimate of drug-likeness (QED) is 0.855. The number of carbonyl (C=O) groups excluding carboxylic acids is 1. The Morgan fingerprint density at radius 3 is 2.33 bits per heavy atom. The van der Waals surface area contributed by atoms with Gasteiger partial charge in [-0.05, 0) is 36.6 Å². The molecule has 126 valence electrons. The predicted molar refractivity (Wildman–Crippen MR) is 90.6 cm³/mol. The summed E-state index contributed by atoms with van der Waals surface area (Å²) in [6, 6.07) is 13.4. The Morgan fingerprint density at radius 2 is 1.75 bits per heavy atom. The minimum absolute atomic E-state index is 0.0400. The number of aryl methyl sites for hydroxylation is 1. The highest BCUT2D eigenvalue weighted by atomic mass is 16.4. The minimum Gasteiger partial charge on any atom is -0.508 e. The summed E-state index contributed by atoms with van der Waals surface area (Å²) in [6.07, 6.45) is 0.0400. The number of carboxylic acids is 1. The number of rotatable bonds is 6. The van der Waals surface area contributed by atoms with Crippen LogP contribution < -0.4 is 0 Å². The van der Waals surface area contributed by atoms with E-state index in [0.29, 0.717) is 5.56 Å². The smallest absolute Gasteiger partial charge is 0.326 e. The summed E-state index contributed by atoms with van der Waals surface area (Å²) >= 11 is 0. The molecule has 1 unspecified atom stereocenters. The standard InChI is InChI=1S/C19H21NO4/c1-13-8-9-16(10-17(13)21)11-18(22)20(14(2)19(23)24)12-15-6-4-3-5-7-15/h3-10,14,21H,11-12H2,1-2H3,(H,23,24). The van der Waals surface area contributed by atoms with Gasteiger partial charge in [-0.2, -0.15) is 0 Å². The molecule has 0 aliphatic heterocycles. The number of carboxylic acid groups (broad SMARTS) is 1. The Kier molecular flexibility index (Phi) is 5.58. The van der Waals surface area contributed by atoms with Crippen LogP contribution in [0.5, 0.6) is 5.75 Å². The van der Waals surface area contributed by atoms with Gasteiger partial charge in [0.2, 0.25) is 5.91 Å². The van der Waals surface area contributed by atoms with Crippen molar-refractivity contribution in [1.82, 2.24) is 4.90 Å². The Hall–Kier alpha value is -2.82. The van der Waals surface area contributed by atoms with E-state index in [1.807, 2.05) is 30.3 Å². The lowest BCUT2D eigenvalue weighted by atomic mass is 10.1. The molecule has 0 bridgehead atoms. The van der Waals surface area contributed by atoms with Crippen LogP contribution in [0.25, 0.3) is 0 Å². The van der Waals surface area contributed by atoms with E-state index in [2.05, 4.69) is 0 Å². The van der Waals surface area contributed by atoms with Gasteiger partial charge in [0.1, 0.15) is 11.8 Å². The van der Waals surface area contributed by atoms with Gasteiger partial charge in [0.15, 0.2) is 0 Å². The number of hydrogen-bond donors (Lipinski definition) is 2. The van der Waals surface area contributed by atoms with Gasteiger partial charge >= 0.3 is 5.97 Å². The van der Waals surface area contributed by atoms with Gasteiger partial charge in [0, 0.05) is 6.54 Å². The molecule has 1 amide bonds. The maximum atomic E-state index is 12.6. The van der Waals surface area contributed by atoms with Crippen LogP contribution >= 0.6 is 0 Å². The van der Waals surface area contributed by atoms with E-state index < -0.39 is 12.0 Å². The second-order valence-electron chi connectivity index (χ2n) is 5.82. The van der Waals surface area contributed by atoms with E-state index in [1.165, 1.54) is 11.8 Å². The zero-order chi connectivity index (χ0) is 17.7. The number of aliphatic carboxylic acids is 1. The van der Waals surface area contributed by atoms with Crippen molar-refractivity contribution in [2.45, 2.75) is 32.9 Å². The van der Waals surface area contributed by atoms with E-state index in [9.17, 15) is 19.8 Å². The highest BCUT2D eigenvalue weighted by molar-refractivity contribution is 5.84. The molecular formula is C19H21NO4. The molecule has 0 saturated carbocycles. The molecule has 2 N–H and O–H groups in total. The summed E-state index contributed by atoms with van der Waals surface area (Å²) in [4.78, 5) is 25.3. The van der Waals surface area contributed by atoms with Gasteiger partial charge < -0.3 is 15.1 Å². The summed E-state index contributed by atoms with van der Waals surface area (Å²) in [5, 5.41) is 19.1. The molecule has 1 atom stereocenters. The number of benzene rings is 2. The zero-order valence-electron chi connectivity index (χ0n) is 13.8. The van der Waals surface area contributed by atoms with E-state index in [4.69, 9.17) is 0 Å². The third kappa shape index (κ3) is 4.35. The first-order valence-electron chi connectivity index (χ1n) is 7.73. The number of nitrogens with zero attached hydrogens (tertiary/aromatic N) is 1. The maximum absolute atomic E-state index is 12.6. The Balaban J connectivity index is 2.20. The molecule has 2 rings (SSSR count). The second-order valence-corrected chi connectivity index (χ2v) is 5.82. The van der Waals surface area contributed by atoms with E-state index in [-0.39, 0.29) is 24.6 Å². The Bertz CT molecular complexity index is 727. The molecule has 2 aromatic rings. The lowest BCUT2D eigenvalue weighted by molar-refractivity contribution is -0.149. The molecule has 0 spiro atoms. The Labute approximate surface area is 141 Å². The fraction of sp³-hybridized carbons (Fsp3) is 0.263. The van der Waals surface area contributed by atoms with Crippen molar-refractivity contribution in [3.63, 3.8) is 0 Å². The third-order valence-corrected chi connectivity index (χ3v) is 3.97. The minimum atomic E-state index is -1.05. The molecule has 5 nitrogen and oxygen atoms in total. The van der Waals surface area contributed by atoms with E-state index >= 15 is 0 Å². The number of carbonyl (C=O) groups is 2. The number of phenols is 1. The van der Waals surface area contributed by atoms with Crippen LogP contribution in [0.15, 0.2) is 48.5 Å². The van der Waals surface area contributed by atoms with Crippen molar-refractivity contribution in [1.29, 1.82) is 0 Å². The zero-order valence-corrected chi connectivity index (χ0v) is 13.8. The van der Waals surface area contributed by atoms with Gasteiger partial charge in [-0.15, -0.1) is 0 Å². The SMILES string of the molecule is Cc1ccc(CC(=O)N(Cc2ccccc2)C(C)C(=O)O)cc1O. The van der Waals surface area contributed by atoms with Gasteiger partial charge in [-0.1, -0.05) is 42.5 Å². The molecule has 0 radical (unpaired) electrons. The molecular weight excluding hydrogens is 306 g/mol. The molecule has 0 fully saturated rings. The van der Waals surface area contributed by atoms with Crippen molar-refractivity contribution in [2.75, 3.05) is 0 Å². The molecule has 0 aromatic heterocycles. The largest absolute Gasteiger partial charge is 0.508 e. The molecule has 2 aromatic carbocycles. The van der Waals surface area contributed by atoms with Crippen molar-refractivity contribution < 1.29 is 19.8 Å². The average molecular weight is 327 g/mol.